The van der Waals surface area contributed by atoms with Crippen molar-refractivity contribution in [3.63, 3.8) is 0 Å². The number of likely N-dealkylation sites (tertiary alicyclic amines) is 1. The van der Waals surface area contributed by atoms with E-state index in [0.717, 1.165) is 42.9 Å². The fourth-order valence-corrected chi connectivity index (χ4v) is 2.55. The maximum atomic E-state index is 11.0. The van der Waals surface area contributed by atoms with Crippen LogP contribution in [0.4, 0.5) is 0 Å². The topological polar surface area (TPSA) is 40.5 Å². The molecule has 1 aliphatic rings. The Morgan fingerprint density at radius 2 is 2.35 bits per heavy atom. The summed E-state index contributed by atoms with van der Waals surface area (Å²) in [5.74, 6) is -0.700. The standard InChI is InChI=1S/C13H16ClNO2/c14-11-4-1-3-10(9-11)6-8-15-7-2-5-12(15)13(16)17/h1,3-4,9,12H,2,5-8H2,(H,16,17)/t12-/m1/s1. The minimum absolute atomic E-state index is 0.297. The summed E-state index contributed by atoms with van der Waals surface area (Å²) in [7, 11) is 0. The third-order valence-corrected chi connectivity index (χ3v) is 3.46. The van der Waals surface area contributed by atoms with Gasteiger partial charge in [-0.2, -0.15) is 0 Å². The normalized spacial score (nSPS) is 20.6. The van der Waals surface area contributed by atoms with E-state index in [9.17, 15) is 4.79 Å². The predicted molar refractivity (Wildman–Crippen MR) is 67.4 cm³/mol. The Morgan fingerprint density at radius 3 is 3.06 bits per heavy atom. The van der Waals surface area contributed by atoms with E-state index in [1.807, 2.05) is 29.2 Å². The number of halogens is 1. The number of carbonyl (C=O) groups is 1. The van der Waals surface area contributed by atoms with Crippen molar-refractivity contribution >= 4 is 17.6 Å². The number of hydrogen-bond acceptors (Lipinski definition) is 2. The van der Waals surface area contributed by atoms with Crippen LogP contribution in [0.1, 0.15) is 18.4 Å². The Bertz CT molecular complexity index is 408. The molecule has 1 atom stereocenters. The fraction of sp³-hybridized carbons (Fsp3) is 0.462. The summed E-state index contributed by atoms with van der Waals surface area (Å²) in [5.41, 5.74) is 1.16. The van der Waals surface area contributed by atoms with Crippen LogP contribution >= 0.6 is 11.6 Å². The average Bonchev–Trinajstić information content (AvgIpc) is 2.74. The van der Waals surface area contributed by atoms with Crippen LogP contribution in [-0.2, 0) is 11.2 Å². The van der Waals surface area contributed by atoms with Gasteiger partial charge in [-0.25, -0.2) is 0 Å². The highest BCUT2D eigenvalue weighted by molar-refractivity contribution is 6.30. The summed E-state index contributed by atoms with van der Waals surface area (Å²) in [6, 6.07) is 7.44. The van der Waals surface area contributed by atoms with E-state index in [1.165, 1.54) is 0 Å². The highest BCUT2D eigenvalue weighted by atomic mass is 35.5. The zero-order chi connectivity index (χ0) is 12.3. The molecular formula is C13H16ClNO2. The molecule has 1 saturated heterocycles. The number of rotatable bonds is 4. The van der Waals surface area contributed by atoms with Gasteiger partial charge in [0.1, 0.15) is 6.04 Å². The molecule has 3 nitrogen and oxygen atoms in total. The Morgan fingerprint density at radius 1 is 1.53 bits per heavy atom. The SMILES string of the molecule is O=C(O)[C@H]1CCCN1CCc1cccc(Cl)c1. The molecule has 1 aliphatic heterocycles. The first-order valence-electron chi connectivity index (χ1n) is 5.88. The molecule has 1 N–H and O–H groups in total. The number of carboxylic acid groups (broad SMARTS) is 1. The third-order valence-electron chi connectivity index (χ3n) is 3.23. The predicted octanol–water partition coefficient (Wildman–Crippen LogP) is 2.43. The van der Waals surface area contributed by atoms with Gasteiger partial charge in [0.15, 0.2) is 0 Å². The molecule has 0 aliphatic carbocycles. The van der Waals surface area contributed by atoms with E-state index in [2.05, 4.69) is 0 Å². The first-order valence-corrected chi connectivity index (χ1v) is 6.26. The van der Waals surface area contributed by atoms with Crippen LogP contribution in [0.15, 0.2) is 24.3 Å². The molecule has 1 aromatic carbocycles. The summed E-state index contributed by atoms with van der Waals surface area (Å²) in [6.07, 6.45) is 2.60. The lowest BCUT2D eigenvalue weighted by Crippen LogP contribution is -2.37. The van der Waals surface area contributed by atoms with Crippen LogP contribution in [0.3, 0.4) is 0 Å². The number of hydrogen-bond donors (Lipinski definition) is 1. The quantitative estimate of drug-likeness (QED) is 0.896. The highest BCUT2D eigenvalue weighted by Crippen LogP contribution is 2.18. The summed E-state index contributed by atoms with van der Waals surface area (Å²) in [4.78, 5) is 13.1. The van der Waals surface area contributed by atoms with Crippen LogP contribution in [0.2, 0.25) is 5.02 Å². The van der Waals surface area contributed by atoms with Gasteiger partial charge < -0.3 is 5.11 Å². The van der Waals surface area contributed by atoms with E-state index in [-0.39, 0.29) is 6.04 Å². The van der Waals surface area contributed by atoms with Crippen LogP contribution in [-0.4, -0.2) is 35.1 Å². The van der Waals surface area contributed by atoms with Crippen molar-refractivity contribution < 1.29 is 9.90 Å². The molecule has 17 heavy (non-hydrogen) atoms. The lowest BCUT2D eigenvalue weighted by Gasteiger charge is -2.20. The molecule has 0 aromatic heterocycles. The van der Waals surface area contributed by atoms with Gasteiger partial charge in [0.05, 0.1) is 0 Å². The van der Waals surface area contributed by atoms with Crippen LogP contribution in [0.25, 0.3) is 0 Å². The van der Waals surface area contributed by atoms with Crippen LogP contribution in [0.5, 0.6) is 0 Å². The van der Waals surface area contributed by atoms with Crippen molar-refractivity contribution in [3.05, 3.63) is 34.9 Å². The van der Waals surface area contributed by atoms with Crippen molar-refractivity contribution in [2.24, 2.45) is 0 Å². The van der Waals surface area contributed by atoms with Gasteiger partial charge >= 0.3 is 5.97 Å². The molecule has 1 aromatic rings. The Balaban J connectivity index is 1.91. The summed E-state index contributed by atoms with van der Waals surface area (Å²) in [5, 5.41) is 9.80. The van der Waals surface area contributed by atoms with Crippen LogP contribution in [0, 0.1) is 0 Å². The number of aliphatic carboxylic acids is 1. The second-order valence-corrected chi connectivity index (χ2v) is 4.85. The van der Waals surface area contributed by atoms with Gasteiger partial charge in [0, 0.05) is 11.6 Å². The van der Waals surface area contributed by atoms with E-state index < -0.39 is 5.97 Å². The van der Waals surface area contributed by atoms with Crippen molar-refractivity contribution in [3.8, 4) is 0 Å². The van der Waals surface area contributed by atoms with Crippen molar-refractivity contribution in [2.75, 3.05) is 13.1 Å². The molecule has 0 unspecified atom stereocenters. The Kier molecular flexibility index (Phi) is 4.02. The number of carboxylic acids is 1. The van der Waals surface area contributed by atoms with Crippen molar-refractivity contribution in [2.45, 2.75) is 25.3 Å². The summed E-state index contributed by atoms with van der Waals surface area (Å²) >= 11 is 5.91. The maximum Gasteiger partial charge on any atom is 0.320 e. The largest absolute Gasteiger partial charge is 0.480 e. The first kappa shape index (κ1) is 12.4. The molecule has 1 fully saturated rings. The van der Waals surface area contributed by atoms with Crippen molar-refractivity contribution in [1.29, 1.82) is 0 Å². The molecule has 2 rings (SSSR count). The summed E-state index contributed by atoms with van der Waals surface area (Å²) in [6.45, 7) is 1.68. The lowest BCUT2D eigenvalue weighted by atomic mass is 10.1. The molecule has 0 spiro atoms. The highest BCUT2D eigenvalue weighted by Gasteiger charge is 2.29. The minimum Gasteiger partial charge on any atom is -0.480 e. The second-order valence-electron chi connectivity index (χ2n) is 4.41. The molecule has 0 amide bonds. The number of nitrogens with zero attached hydrogens (tertiary/aromatic N) is 1. The summed E-state index contributed by atoms with van der Waals surface area (Å²) < 4.78 is 0. The zero-order valence-electron chi connectivity index (χ0n) is 9.60. The van der Waals surface area contributed by atoms with Gasteiger partial charge in [-0.15, -0.1) is 0 Å². The fourth-order valence-electron chi connectivity index (χ4n) is 2.34. The van der Waals surface area contributed by atoms with E-state index in [0.29, 0.717) is 0 Å². The first-order chi connectivity index (χ1) is 8.16. The Hall–Kier alpha value is -1.06. The Labute approximate surface area is 106 Å². The van der Waals surface area contributed by atoms with Gasteiger partial charge in [0.25, 0.3) is 0 Å². The maximum absolute atomic E-state index is 11.0. The molecule has 0 radical (unpaired) electrons. The average molecular weight is 254 g/mol. The molecule has 0 bridgehead atoms. The molecular weight excluding hydrogens is 238 g/mol. The smallest absolute Gasteiger partial charge is 0.320 e. The number of benzene rings is 1. The third kappa shape index (κ3) is 3.20. The van der Waals surface area contributed by atoms with E-state index in [4.69, 9.17) is 16.7 Å². The molecule has 4 heteroatoms. The van der Waals surface area contributed by atoms with Crippen molar-refractivity contribution in [1.82, 2.24) is 4.90 Å². The molecule has 0 saturated carbocycles. The minimum atomic E-state index is -0.700. The van der Waals surface area contributed by atoms with Gasteiger partial charge in [-0.1, -0.05) is 23.7 Å². The second kappa shape index (κ2) is 5.52. The van der Waals surface area contributed by atoms with Gasteiger partial charge in [0.2, 0.25) is 0 Å². The van der Waals surface area contributed by atoms with E-state index in [1.54, 1.807) is 0 Å². The van der Waals surface area contributed by atoms with E-state index >= 15 is 0 Å². The monoisotopic (exact) mass is 253 g/mol. The lowest BCUT2D eigenvalue weighted by molar-refractivity contribution is -0.142. The zero-order valence-corrected chi connectivity index (χ0v) is 10.4. The van der Waals surface area contributed by atoms with Crippen LogP contribution < -0.4 is 0 Å². The molecule has 1 heterocycles. The van der Waals surface area contributed by atoms with Gasteiger partial charge in [-0.3, -0.25) is 9.69 Å². The van der Waals surface area contributed by atoms with Gasteiger partial charge in [-0.05, 0) is 43.5 Å². The molecule has 92 valence electrons.